The van der Waals surface area contributed by atoms with E-state index in [1.165, 1.54) is 44.6 Å². The Morgan fingerprint density at radius 2 is 1.79 bits per heavy atom. The lowest BCUT2D eigenvalue weighted by Gasteiger charge is -2.10. The molecule has 0 spiro atoms. The summed E-state index contributed by atoms with van der Waals surface area (Å²) in [6, 6.07) is 17.6. The van der Waals surface area contributed by atoms with E-state index in [4.69, 9.17) is 0 Å². The molecule has 0 unspecified atom stereocenters. The van der Waals surface area contributed by atoms with Crippen LogP contribution in [0.2, 0.25) is 0 Å². The normalized spacial score (nSPS) is 13.7. The summed E-state index contributed by atoms with van der Waals surface area (Å²) in [5, 5.41) is 0. The smallest absolute Gasteiger partial charge is 0.160 e. The maximum atomic E-state index is 4.38. The van der Waals surface area contributed by atoms with Gasteiger partial charge in [0.1, 0.15) is 0 Å². The molecule has 1 nitrogen and oxygen atoms in total. The van der Waals surface area contributed by atoms with E-state index in [9.17, 15) is 0 Å². The van der Waals surface area contributed by atoms with Crippen molar-refractivity contribution in [2.24, 2.45) is 0 Å². The van der Waals surface area contributed by atoms with E-state index in [2.05, 4.69) is 79.7 Å². The standard InChI is InChI=1S/C23H20N/c1-14(2)19-9-10-24-15(3)20-12-17(16-7-5-4-6-8-16)11-18-13-21(19)23(24)22(18)20/h4-12,14H,3,13H2,1-2H3/q+1. The second kappa shape index (κ2) is 4.67. The molecule has 2 aromatic carbocycles. The second-order valence-corrected chi connectivity index (χ2v) is 7.17. The third-order valence-electron chi connectivity index (χ3n) is 5.43. The first-order valence-corrected chi connectivity index (χ1v) is 8.65. The van der Waals surface area contributed by atoms with Gasteiger partial charge in [-0.15, -0.1) is 0 Å². The van der Waals surface area contributed by atoms with Crippen LogP contribution < -0.4 is 4.57 Å². The summed E-state index contributed by atoms with van der Waals surface area (Å²) in [4.78, 5) is 0. The van der Waals surface area contributed by atoms with Gasteiger partial charge < -0.3 is 0 Å². The van der Waals surface area contributed by atoms with Crippen molar-refractivity contribution in [2.75, 3.05) is 0 Å². The zero-order valence-corrected chi connectivity index (χ0v) is 14.1. The summed E-state index contributed by atoms with van der Waals surface area (Å²) in [7, 11) is 0. The molecule has 0 N–H and O–H groups in total. The zero-order chi connectivity index (χ0) is 16.4. The van der Waals surface area contributed by atoms with Gasteiger partial charge in [0.2, 0.25) is 11.4 Å². The second-order valence-electron chi connectivity index (χ2n) is 7.17. The van der Waals surface area contributed by atoms with Gasteiger partial charge in [-0.2, -0.15) is 4.57 Å². The minimum absolute atomic E-state index is 0.547. The van der Waals surface area contributed by atoms with Crippen molar-refractivity contribution < 1.29 is 4.57 Å². The summed E-state index contributed by atoms with van der Waals surface area (Å²) in [6.45, 7) is 8.94. The van der Waals surface area contributed by atoms with E-state index in [1.807, 2.05) is 0 Å². The first-order chi connectivity index (χ1) is 11.6. The molecule has 0 atom stereocenters. The maximum absolute atomic E-state index is 4.38. The highest BCUT2D eigenvalue weighted by Crippen LogP contribution is 2.47. The number of hydrogen-bond donors (Lipinski definition) is 0. The molecule has 24 heavy (non-hydrogen) atoms. The topological polar surface area (TPSA) is 3.88 Å². The monoisotopic (exact) mass is 310 g/mol. The summed E-state index contributed by atoms with van der Waals surface area (Å²) in [6.07, 6.45) is 3.24. The van der Waals surface area contributed by atoms with Crippen LogP contribution in [0.1, 0.15) is 42.0 Å². The van der Waals surface area contributed by atoms with Crippen molar-refractivity contribution in [3.63, 3.8) is 0 Å². The van der Waals surface area contributed by atoms with Crippen molar-refractivity contribution in [2.45, 2.75) is 26.2 Å². The Bertz CT molecular complexity index is 1010. The third-order valence-corrected chi connectivity index (χ3v) is 5.43. The predicted molar refractivity (Wildman–Crippen MR) is 98.8 cm³/mol. The lowest BCUT2D eigenvalue weighted by Crippen LogP contribution is -2.31. The van der Waals surface area contributed by atoms with Crippen LogP contribution in [-0.4, -0.2) is 0 Å². The number of nitrogens with zero attached hydrogens (tertiary/aromatic N) is 1. The van der Waals surface area contributed by atoms with E-state index < -0.39 is 0 Å². The van der Waals surface area contributed by atoms with Gasteiger partial charge in [-0.3, -0.25) is 0 Å². The quantitative estimate of drug-likeness (QED) is 0.396. The molecule has 2 aliphatic rings. The minimum atomic E-state index is 0.547. The van der Waals surface area contributed by atoms with E-state index in [0.29, 0.717) is 5.92 Å². The lowest BCUT2D eigenvalue weighted by atomic mass is 9.95. The van der Waals surface area contributed by atoms with Crippen molar-refractivity contribution in [3.8, 4) is 22.4 Å². The molecule has 1 aliphatic carbocycles. The van der Waals surface area contributed by atoms with Crippen LogP contribution in [-0.2, 0) is 6.42 Å². The minimum Gasteiger partial charge on any atom is -0.160 e. The Labute approximate surface area is 142 Å². The van der Waals surface area contributed by atoms with Crippen LogP contribution >= 0.6 is 0 Å². The van der Waals surface area contributed by atoms with E-state index in [0.717, 1.165) is 12.1 Å². The Balaban J connectivity index is 1.78. The number of pyridine rings is 1. The van der Waals surface area contributed by atoms with E-state index in [-0.39, 0.29) is 0 Å². The van der Waals surface area contributed by atoms with Crippen LogP contribution in [0.15, 0.2) is 61.3 Å². The largest absolute Gasteiger partial charge is 0.223 e. The molecule has 116 valence electrons. The SMILES string of the molecule is C=C1c2cc(-c3ccccc3)cc3c2-c2c(c(C(C)C)cc[n+]21)C3. The molecule has 0 amide bonds. The van der Waals surface area contributed by atoms with Gasteiger partial charge in [0.25, 0.3) is 0 Å². The first kappa shape index (κ1) is 13.7. The molecular formula is C23H20N+. The number of hydrogen-bond acceptors (Lipinski definition) is 0. The molecule has 0 bridgehead atoms. The summed E-state index contributed by atoms with van der Waals surface area (Å²) >= 11 is 0. The lowest BCUT2D eigenvalue weighted by molar-refractivity contribution is -0.563. The number of aromatic nitrogens is 1. The average molecular weight is 310 g/mol. The number of benzene rings is 2. The van der Waals surface area contributed by atoms with Gasteiger partial charge >= 0.3 is 0 Å². The van der Waals surface area contributed by atoms with E-state index >= 15 is 0 Å². The molecule has 3 aromatic rings. The fourth-order valence-electron chi connectivity index (χ4n) is 4.30. The molecule has 0 fully saturated rings. The molecular weight excluding hydrogens is 290 g/mol. The fraction of sp³-hybridized carbons (Fsp3) is 0.174. The van der Waals surface area contributed by atoms with Crippen LogP contribution in [0.3, 0.4) is 0 Å². The van der Waals surface area contributed by atoms with Crippen molar-refractivity contribution in [3.05, 3.63) is 83.6 Å². The van der Waals surface area contributed by atoms with Crippen molar-refractivity contribution in [1.29, 1.82) is 0 Å². The summed E-state index contributed by atoms with van der Waals surface area (Å²) in [5.41, 5.74) is 12.2. The van der Waals surface area contributed by atoms with Crippen LogP contribution in [0.4, 0.5) is 0 Å². The van der Waals surface area contributed by atoms with Gasteiger partial charge in [-0.25, -0.2) is 0 Å². The molecule has 0 saturated heterocycles. The summed E-state index contributed by atoms with van der Waals surface area (Å²) < 4.78 is 2.29. The van der Waals surface area contributed by atoms with E-state index in [1.54, 1.807) is 0 Å². The molecule has 2 heterocycles. The van der Waals surface area contributed by atoms with Gasteiger partial charge in [-0.1, -0.05) is 44.2 Å². The predicted octanol–water partition coefficient (Wildman–Crippen LogP) is 5.17. The van der Waals surface area contributed by atoms with Crippen LogP contribution in [0, 0.1) is 0 Å². The van der Waals surface area contributed by atoms with Gasteiger partial charge in [0.15, 0.2) is 6.20 Å². The fourth-order valence-corrected chi connectivity index (χ4v) is 4.30. The molecule has 1 aromatic heterocycles. The molecule has 0 radical (unpaired) electrons. The zero-order valence-electron chi connectivity index (χ0n) is 14.1. The first-order valence-electron chi connectivity index (χ1n) is 8.65. The summed E-state index contributed by atoms with van der Waals surface area (Å²) in [5.74, 6) is 0.547. The Morgan fingerprint density at radius 1 is 1.00 bits per heavy atom. The Morgan fingerprint density at radius 3 is 2.54 bits per heavy atom. The third kappa shape index (κ3) is 1.67. The molecule has 1 heteroatoms. The van der Waals surface area contributed by atoms with Gasteiger partial charge in [0, 0.05) is 18.1 Å². The molecule has 1 aliphatic heterocycles. The molecule has 0 saturated carbocycles. The van der Waals surface area contributed by atoms with Gasteiger partial charge in [0.05, 0.1) is 11.1 Å². The number of rotatable bonds is 2. The van der Waals surface area contributed by atoms with Gasteiger partial charge in [-0.05, 0) is 46.9 Å². The highest BCUT2D eigenvalue weighted by molar-refractivity contribution is 5.90. The maximum Gasteiger partial charge on any atom is 0.223 e. The van der Waals surface area contributed by atoms with Crippen LogP contribution in [0.25, 0.3) is 28.1 Å². The van der Waals surface area contributed by atoms with Crippen molar-refractivity contribution >= 4 is 5.70 Å². The highest BCUT2D eigenvalue weighted by atomic mass is 15.0. The van der Waals surface area contributed by atoms with Crippen molar-refractivity contribution in [1.82, 2.24) is 0 Å². The Hall–Kier alpha value is -2.67. The Kier molecular flexibility index (Phi) is 2.67. The highest BCUT2D eigenvalue weighted by Gasteiger charge is 2.41. The molecule has 5 rings (SSSR count). The average Bonchev–Trinajstić information content (AvgIpc) is 3.12. The van der Waals surface area contributed by atoms with Crippen LogP contribution in [0.5, 0.6) is 0 Å².